The first kappa shape index (κ1) is 18.4. The van der Waals surface area contributed by atoms with E-state index in [1.54, 1.807) is 11.0 Å². The molecule has 1 fully saturated rings. The number of ether oxygens (including phenoxy) is 1. The number of carbonyl (C=O) groups is 3. The molecule has 2 amide bonds. The number of amides is 2. The molecule has 1 heterocycles. The molecule has 0 saturated carbocycles. The van der Waals surface area contributed by atoms with Crippen molar-refractivity contribution < 1.29 is 24.2 Å². The van der Waals surface area contributed by atoms with Crippen LogP contribution in [0.5, 0.6) is 0 Å². The predicted molar refractivity (Wildman–Crippen MR) is 90.7 cm³/mol. The first-order valence-corrected chi connectivity index (χ1v) is 8.30. The molecule has 24 heavy (non-hydrogen) atoms. The molecular formula is C16H19BrN2O5. The van der Waals surface area contributed by atoms with Crippen molar-refractivity contribution in [1.82, 2.24) is 5.32 Å². The van der Waals surface area contributed by atoms with Crippen molar-refractivity contribution in [2.75, 3.05) is 25.2 Å². The predicted octanol–water partition coefficient (Wildman–Crippen LogP) is 1.41. The van der Waals surface area contributed by atoms with Crippen LogP contribution in [-0.4, -0.2) is 49.2 Å². The van der Waals surface area contributed by atoms with E-state index in [9.17, 15) is 14.4 Å². The molecule has 0 aromatic heterocycles. The maximum absolute atomic E-state index is 12.3. The number of nitrogens with one attached hydrogen (secondary N) is 1. The summed E-state index contributed by atoms with van der Waals surface area (Å²) in [5, 5.41) is 11.6. The Hall–Kier alpha value is -1.93. The van der Waals surface area contributed by atoms with Gasteiger partial charge in [-0.25, -0.2) is 4.79 Å². The van der Waals surface area contributed by atoms with E-state index in [4.69, 9.17) is 9.84 Å². The summed E-state index contributed by atoms with van der Waals surface area (Å²) in [6, 6.07) is 6.24. The van der Waals surface area contributed by atoms with Crippen LogP contribution in [0, 0.1) is 5.92 Å². The minimum Gasteiger partial charge on any atom is -0.480 e. The minimum absolute atomic E-state index is 0.0593. The number of halogens is 1. The van der Waals surface area contributed by atoms with Gasteiger partial charge in [0.15, 0.2) is 0 Å². The number of aliphatic carboxylic acids is 1. The van der Waals surface area contributed by atoms with Crippen LogP contribution in [0.25, 0.3) is 0 Å². The summed E-state index contributed by atoms with van der Waals surface area (Å²) in [6.07, 6.45) is 0.232. The number of hydrogen-bond donors (Lipinski definition) is 2. The molecule has 0 spiro atoms. The number of carboxylic acid groups (broad SMARTS) is 1. The van der Waals surface area contributed by atoms with Gasteiger partial charge in [0.1, 0.15) is 6.04 Å². The van der Waals surface area contributed by atoms with Gasteiger partial charge in [0, 0.05) is 37.6 Å². The van der Waals surface area contributed by atoms with Gasteiger partial charge >= 0.3 is 5.97 Å². The fraction of sp³-hybridized carbons (Fsp3) is 0.438. The molecule has 7 nitrogen and oxygen atoms in total. The van der Waals surface area contributed by atoms with Crippen molar-refractivity contribution in [1.29, 1.82) is 0 Å². The molecule has 1 saturated heterocycles. The highest BCUT2D eigenvalue weighted by atomic mass is 79.9. The number of carboxylic acids is 1. The van der Waals surface area contributed by atoms with Gasteiger partial charge in [0.2, 0.25) is 11.8 Å². The third kappa shape index (κ3) is 4.33. The number of benzene rings is 1. The Morgan fingerprint density at radius 1 is 1.46 bits per heavy atom. The van der Waals surface area contributed by atoms with E-state index in [0.29, 0.717) is 5.69 Å². The van der Waals surface area contributed by atoms with E-state index < -0.39 is 23.8 Å². The summed E-state index contributed by atoms with van der Waals surface area (Å²) in [4.78, 5) is 37.3. The molecule has 0 radical (unpaired) electrons. The molecule has 8 heteroatoms. The van der Waals surface area contributed by atoms with E-state index in [1.807, 2.05) is 18.2 Å². The van der Waals surface area contributed by atoms with Crippen molar-refractivity contribution in [3.63, 3.8) is 0 Å². The molecule has 2 rings (SSSR count). The Balaban J connectivity index is 2.03. The van der Waals surface area contributed by atoms with Crippen LogP contribution < -0.4 is 10.2 Å². The number of para-hydroxylation sites is 1. The molecule has 1 aliphatic rings. The normalized spacial score (nSPS) is 18.5. The van der Waals surface area contributed by atoms with Crippen LogP contribution in [0.15, 0.2) is 28.7 Å². The van der Waals surface area contributed by atoms with Crippen molar-refractivity contribution >= 4 is 39.4 Å². The summed E-state index contributed by atoms with van der Waals surface area (Å²) in [6.45, 7) is 0.452. The molecule has 0 aliphatic carbocycles. The van der Waals surface area contributed by atoms with Crippen LogP contribution in [0.3, 0.4) is 0 Å². The average Bonchev–Trinajstić information content (AvgIpc) is 2.93. The zero-order valence-electron chi connectivity index (χ0n) is 13.2. The van der Waals surface area contributed by atoms with Crippen molar-refractivity contribution in [3.8, 4) is 0 Å². The van der Waals surface area contributed by atoms with Gasteiger partial charge in [-0.05, 0) is 28.1 Å². The fourth-order valence-corrected chi connectivity index (χ4v) is 3.07. The zero-order chi connectivity index (χ0) is 17.7. The topological polar surface area (TPSA) is 95.9 Å². The van der Waals surface area contributed by atoms with Crippen molar-refractivity contribution in [3.05, 3.63) is 28.7 Å². The summed E-state index contributed by atoms with van der Waals surface area (Å²) < 4.78 is 5.62. The average molecular weight is 399 g/mol. The van der Waals surface area contributed by atoms with Gasteiger partial charge in [0.25, 0.3) is 0 Å². The van der Waals surface area contributed by atoms with Gasteiger partial charge in [-0.2, -0.15) is 0 Å². The summed E-state index contributed by atoms with van der Waals surface area (Å²) in [5.74, 6) is -2.28. The number of hydrogen-bond acceptors (Lipinski definition) is 4. The molecule has 2 unspecified atom stereocenters. The quantitative estimate of drug-likeness (QED) is 0.723. The first-order valence-electron chi connectivity index (χ1n) is 7.51. The number of nitrogens with zero attached hydrogens (tertiary/aromatic N) is 1. The molecule has 130 valence electrons. The second-order valence-electron chi connectivity index (χ2n) is 5.54. The summed E-state index contributed by atoms with van der Waals surface area (Å²) in [5.41, 5.74) is 0.701. The zero-order valence-corrected chi connectivity index (χ0v) is 14.8. The van der Waals surface area contributed by atoms with E-state index in [1.165, 1.54) is 7.11 Å². The number of carbonyl (C=O) groups excluding carboxylic acids is 2. The summed E-state index contributed by atoms with van der Waals surface area (Å²) >= 11 is 3.39. The van der Waals surface area contributed by atoms with Crippen LogP contribution in [0.2, 0.25) is 0 Å². The molecule has 0 bridgehead atoms. The lowest BCUT2D eigenvalue weighted by Gasteiger charge is -2.19. The summed E-state index contributed by atoms with van der Waals surface area (Å²) in [7, 11) is 1.46. The molecule has 1 aliphatic heterocycles. The number of rotatable bonds is 7. The molecule has 1 aromatic rings. The highest BCUT2D eigenvalue weighted by Gasteiger charge is 2.37. The fourth-order valence-electron chi connectivity index (χ4n) is 2.57. The third-order valence-corrected chi connectivity index (χ3v) is 4.53. The Morgan fingerprint density at radius 2 is 2.17 bits per heavy atom. The van der Waals surface area contributed by atoms with Crippen molar-refractivity contribution in [2.24, 2.45) is 5.92 Å². The van der Waals surface area contributed by atoms with Gasteiger partial charge in [0.05, 0.1) is 11.6 Å². The van der Waals surface area contributed by atoms with E-state index in [0.717, 1.165) is 4.47 Å². The molecule has 2 N–H and O–H groups in total. The Morgan fingerprint density at radius 3 is 2.79 bits per heavy atom. The van der Waals surface area contributed by atoms with Gasteiger partial charge < -0.3 is 20.1 Å². The Labute approximate surface area is 148 Å². The second kappa shape index (κ2) is 8.25. The number of methoxy groups -OCH3 is 1. The highest BCUT2D eigenvalue weighted by Crippen LogP contribution is 2.31. The smallest absolute Gasteiger partial charge is 0.326 e. The Kier molecular flexibility index (Phi) is 6.33. The largest absolute Gasteiger partial charge is 0.480 e. The Bertz CT molecular complexity index is 637. The minimum atomic E-state index is -1.12. The second-order valence-corrected chi connectivity index (χ2v) is 6.39. The highest BCUT2D eigenvalue weighted by molar-refractivity contribution is 9.10. The van der Waals surface area contributed by atoms with Gasteiger partial charge in [-0.3, -0.25) is 9.59 Å². The lowest BCUT2D eigenvalue weighted by Crippen LogP contribution is -2.44. The lowest BCUT2D eigenvalue weighted by molar-refractivity contribution is -0.142. The maximum atomic E-state index is 12.3. The van der Waals surface area contributed by atoms with E-state index >= 15 is 0 Å². The molecule has 2 atom stereocenters. The van der Waals surface area contributed by atoms with Crippen LogP contribution >= 0.6 is 15.9 Å². The van der Waals surface area contributed by atoms with Crippen LogP contribution in [0.4, 0.5) is 5.69 Å². The number of anilines is 1. The monoisotopic (exact) mass is 398 g/mol. The molecule has 1 aromatic carbocycles. The lowest BCUT2D eigenvalue weighted by atomic mass is 10.1. The van der Waals surface area contributed by atoms with Crippen LogP contribution in [-0.2, 0) is 19.1 Å². The van der Waals surface area contributed by atoms with Crippen molar-refractivity contribution in [2.45, 2.75) is 18.9 Å². The van der Waals surface area contributed by atoms with Gasteiger partial charge in [-0.1, -0.05) is 12.1 Å². The van der Waals surface area contributed by atoms with Crippen LogP contribution in [0.1, 0.15) is 12.8 Å². The standard InChI is InChI=1S/C16H19BrN2O5/c1-24-7-6-12(16(22)23)18-15(21)10-8-14(20)19(9-10)13-5-3-2-4-11(13)17/h2-5,10,12H,6-9H2,1H3,(H,18,21)(H,22,23). The van der Waals surface area contributed by atoms with E-state index in [-0.39, 0.29) is 31.9 Å². The molecular weight excluding hydrogens is 380 g/mol. The SMILES string of the molecule is COCCC(NC(=O)C1CC(=O)N(c2ccccc2Br)C1)C(=O)O. The van der Waals surface area contributed by atoms with Gasteiger partial charge in [-0.15, -0.1) is 0 Å². The van der Waals surface area contributed by atoms with E-state index in [2.05, 4.69) is 21.2 Å². The third-order valence-electron chi connectivity index (χ3n) is 3.86. The maximum Gasteiger partial charge on any atom is 0.326 e. The first-order chi connectivity index (χ1) is 11.4.